The zero-order valence-electron chi connectivity index (χ0n) is 13.6. The molecule has 2 rings (SSSR count). The van der Waals surface area contributed by atoms with Crippen LogP contribution in [0.15, 0.2) is 48.5 Å². The number of nitrogens with one attached hydrogen (secondary N) is 1. The molecule has 0 unspecified atom stereocenters. The number of carbonyl (C=O) groups excluding carboxylic acids is 1. The van der Waals surface area contributed by atoms with Crippen LogP contribution in [0.5, 0.6) is 0 Å². The van der Waals surface area contributed by atoms with Gasteiger partial charge in [0.05, 0.1) is 5.92 Å². The molecule has 5 heteroatoms. The van der Waals surface area contributed by atoms with Crippen molar-refractivity contribution in [2.75, 3.05) is 5.32 Å². The number of rotatable bonds is 6. The van der Waals surface area contributed by atoms with E-state index in [1.165, 1.54) is 0 Å². The van der Waals surface area contributed by atoms with E-state index in [1.54, 1.807) is 25.1 Å². The average molecular weight is 346 g/mol. The highest BCUT2D eigenvalue weighted by Crippen LogP contribution is 2.28. The molecule has 4 nitrogen and oxygen atoms in total. The first-order chi connectivity index (χ1) is 11.4. The summed E-state index contributed by atoms with van der Waals surface area (Å²) in [6, 6.07) is 14.6. The summed E-state index contributed by atoms with van der Waals surface area (Å²) in [5, 5.41) is 12.8. The molecule has 1 amide bonds. The van der Waals surface area contributed by atoms with Crippen LogP contribution in [0.2, 0.25) is 5.02 Å². The van der Waals surface area contributed by atoms with Gasteiger partial charge in [0.15, 0.2) is 0 Å². The first kappa shape index (κ1) is 18.0. The van der Waals surface area contributed by atoms with E-state index >= 15 is 0 Å². The lowest BCUT2D eigenvalue weighted by molar-refractivity contribution is -0.144. The summed E-state index contributed by atoms with van der Waals surface area (Å²) in [4.78, 5) is 23.9. The van der Waals surface area contributed by atoms with Crippen molar-refractivity contribution in [1.82, 2.24) is 0 Å². The highest BCUT2D eigenvalue weighted by Gasteiger charge is 2.28. The van der Waals surface area contributed by atoms with Crippen molar-refractivity contribution in [3.8, 4) is 0 Å². The van der Waals surface area contributed by atoms with Gasteiger partial charge in [-0.1, -0.05) is 54.9 Å². The number of carboxylic acids is 1. The number of carbonyl (C=O) groups is 2. The Balaban J connectivity index is 2.12. The predicted molar refractivity (Wildman–Crippen MR) is 95.4 cm³/mol. The van der Waals surface area contributed by atoms with Crippen molar-refractivity contribution in [2.24, 2.45) is 5.92 Å². The Morgan fingerprint density at radius 2 is 1.79 bits per heavy atom. The predicted octanol–water partition coefficient (Wildman–Crippen LogP) is 4.48. The van der Waals surface area contributed by atoms with Gasteiger partial charge in [-0.15, -0.1) is 0 Å². The molecule has 0 aliphatic rings. The second kappa shape index (κ2) is 7.97. The van der Waals surface area contributed by atoms with Crippen LogP contribution < -0.4 is 5.32 Å². The first-order valence-electron chi connectivity index (χ1n) is 7.73. The van der Waals surface area contributed by atoms with E-state index in [1.807, 2.05) is 37.3 Å². The molecule has 2 aromatic rings. The lowest BCUT2D eigenvalue weighted by atomic mass is 9.85. The Morgan fingerprint density at radius 3 is 2.42 bits per heavy atom. The molecule has 0 aliphatic carbocycles. The van der Waals surface area contributed by atoms with E-state index in [9.17, 15) is 14.7 Å². The number of amides is 1. The standard InChI is InChI=1S/C19H20ClNO3/c1-12(14-7-4-3-5-8-14)15(19(23)24)11-18(22)21-17-10-6-9-16(20)13(17)2/h3-10,12,15H,11H2,1-2H3,(H,21,22)(H,23,24)/t12-,15+/m0/s1. The zero-order valence-corrected chi connectivity index (χ0v) is 14.4. The Morgan fingerprint density at radius 1 is 1.12 bits per heavy atom. The van der Waals surface area contributed by atoms with Gasteiger partial charge in [-0.25, -0.2) is 0 Å². The lowest BCUT2D eigenvalue weighted by Gasteiger charge is -2.20. The van der Waals surface area contributed by atoms with Gasteiger partial charge in [0.2, 0.25) is 5.91 Å². The molecule has 126 valence electrons. The summed E-state index contributed by atoms with van der Waals surface area (Å²) in [6.07, 6.45) is -0.0999. The van der Waals surface area contributed by atoms with Gasteiger partial charge in [-0.2, -0.15) is 0 Å². The molecule has 0 heterocycles. The quantitative estimate of drug-likeness (QED) is 0.811. The minimum absolute atomic E-state index is 0.0999. The van der Waals surface area contributed by atoms with Crippen molar-refractivity contribution in [3.05, 3.63) is 64.7 Å². The van der Waals surface area contributed by atoms with Crippen LogP contribution in [0, 0.1) is 12.8 Å². The molecule has 0 aliphatic heterocycles. The van der Waals surface area contributed by atoms with E-state index < -0.39 is 11.9 Å². The molecule has 0 saturated carbocycles. The zero-order chi connectivity index (χ0) is 17.7. The molecule has 0 saturated heterocycles. The maximum absolute atomic E-state index is 12.3. The molecule has 2 atom stereocenters. The van der Waals surface area contributed by atoms with E-state index in [0.29, 0.717) is 10.7 Å². The second-order valence-corrected chi connectivity index (χ2v) is 6.22. The van der Waals surface area contributed by atoms with Crippen molar-refractivity contribution < 1.29 is 14.7 Å². The Hall–Kier alpha value is -2.33. The number of anilines is 1. The fraction of sp³-hybridized carbons (Fsp3) is 0.263. The normalized spacial score (nSPS) is 13.1. The number of aliphatic carboxylic acids is 1. The van der Waals surface area contributed by atoms with Gasteiger partial charge in [0.25, 0.3) is 0 Å². The van der Waals surface area contributed by atoms with Gasteiger partial charge < -0.3 is 10.4 Å². The van der Waals surface area contributed by atoms with Crippen LogP contribution in [0.3, 0.4) is 0 Å². The third-order valence-corrected chi connectivity index (χ3v) is 4.60. The number of hydrogen-bond acceptors (Lipinski definition) is 2. The Labute approximate surface area is 146 Å². The minimum atomic E-state index is -0.982. The van der Waals surface area contributed by atoms with Gasteiger partial charge >= 0.3 is 5.97 Å². The van der Waals surface area contributed by atoms with Crippen molar-refractivity contribution in [1.29, 1.82) is 0 Å². The molecule has 2 N–H and O–H groups in total. The smallest absolute Gasteiger partial charge is 0.307 e. The molecule has 0 spiro atoms. The highest BCUT2D eigenvalue weighted by molar-refractivity contribution is 6.31. The summed E-state index contributed by atoms with van der Waals surface area (Å²) in [5.74, 6) is -2.39. The summed E-state index contributed by atoms with van der Waals surface area (Å²) >= 11 is 6.04. The number of carboxylic acid groups (broad SMARTS) is 1. The van der Waals surface area contributed by atoms with E-state index in [-0.39, 0.29) is 18.2 Å². The van der Waals surface area contributed by atoms with Crippen molar-refractivity contribution >= 4 is 29.2 Å². The van der Waals surface area contributed by atoms with Crippen LogP contribution in [0.1, 0.15) is 30.4 Å². The number of hydrogen-bond donors (Lipinski definition) is 2. The van der Waals surface area contributed by atoms with E-state index in [4.69, 9.17) is 11.6 Å². The maximum Gasteiger partial charge on any atom is 0.307 e. The monoisotopic (exact) mass is 345 g/mol. The molecule has 0 radical (unpaired) electrons. The third-order valence-electron chi connectivity index (χ3n) is 4.19. The molecule has 0 aromatic heterocycles. The molecular weight excluding hydrogens is 326 g/mol. The second-order valence-electron chi connectivity index (χ2n) is 5.81. The van der Waals surface area contributed by atoms with Crippen molar-refractivity contribution in [2.45, 2.75) is 26.2 Å². The van der Waals surface area contributed by atoms with E-state index in [2.05, 4.69) is 5.32 Å². The number of halogens is 1. The maximum atomic E-state index is 12.3. The lowest BCUT2D eigenvalue weighted by Crippen LogP contribution is -2.26. The highest BCUT2D eigenvalue weighted by atomic mass is 35.5. The van der Waals surface area contributed by atoms with Crippen molar-refractivity contribution in [3.63, 3.8) is 0 Å². The topological polar surface area (TPSA) is 66.4 Å². The van der Waals surface area contributed by atoms with Crippen LogP contribution in [0.25, 0.3) is 0 Å². The van der Waals surface area contributed by atoms with Gasteiger partial charge in [0, 0.05) is 17.1 Å². The van der Waals surface area contributed by atoms with Gasteiger partial charge in [0.1, 0.15) is 0 Å². The average Bonchev–Trinajstić information content (AvgIpc) is 2.57. The molecule has 0 fully saturated rings. The molecule has 2 aromatic carbocycles. The Kier molecular flexibility index (Phi) is 5.99. The summed E-state index contributed by atoms with van der Waals surface area (Å²) in [5.41, 5.74) is 2.26. The summed E-state index contributed by atoms with van der Waals surface area (Å²) in [7, 11) is 0. The SMILES string of the molecule is Cc1c(Cl)cccc1NC(=O)C[C@@H](C(=O)O)[C@@H](C)c1ccccc1. The van der Waals surface area contributed by atoms with Gasteiger partial charge in [-0.05, 0) is 36.1 Å². The Bertz CT molecular complexity index is 731. The largest absolute Gasteiger partial charge is 0.481 e. The fourth-order valence-corrected chi connectivity index (χ4v) is 2.79. The molecule has 24 heavy (non-hydrogen) atoms. The first-order valence-corrected chi connectivity index (χ1v) is 8.10. The fourth-order valence-electron chi connectivity index (χ4n) is 2.61. The van der Waals surface area contributed by atoms with Gasteiger partial charge in [-0.3, -0.25) is 9.59 Å². The van der Waals surface area contributed by atoms with E-state index in [0.717, 1.165) is 11.1 Å². The van der Waals surface area contributed by atoms with Crippen LogP contribution in [-0.2, 0) is 9.59 Å². The van der Waals surface area contributed by atoms with Crippen LogP contribution in [-0.4, -0.2) is 17.0 Å². The molecular formula is C19H20ClNO3. The minimum Gasteiger partial charge on any atom is -0.481 e. The third kappa shape index (κ3) is 4.36. The van der Waals surface area contributed by atoms with Crippen LogP contribution in [0.4, 0.5) is 5.69 Å². The van der Waals surface area contributed by atoms with Crippen LogP contribution >= 0.6 is 11.6 Å². The summed E-state index contributed by atoms with van der Waals surface area (Å²) < 4.78 is 0. The summed E-state index contributed by atoms with van der Waals surface area (Å²) in [6.45, 7) is 3.63. The molecule has 0 bridgehead atoms. The number of benzene rings is 2.